The summed E-state index contributed by atoms with van der Waals surface area (Å²) in [5, 5.41) is 2.03. The maximum atomic E-state index is 12.6. The van der Waals surface area contributed by atoms with Crippen LogP contribution in [0.2, 0.25) is 0 Å². The average molecular weight is 460 g/mol. The fraction of sp³-hybridized carbons (Fsp3) is 0.222. The Hall–Kier alpha value is -3.35. The third-order valence-electron chi connectivity index (χ3n) is 5.64. The largest absolute Gasteiger partial charge is 0.492 e. The van der Waals surface area contributed by atoms with Crippen LogP contribution < -0.4 is 19.9 Å². The Labute approximate surface area is 196 Å². The lowest BCUT2D eigenvalue weighted by molar-refractivity contribution is 0.0532. The predicted molar refractivity (Wildman–Crippen MR) is 132 cm³/mol. The number of hydrogen-bond donors (Lipinski definition) is 0. The Morgan fingerprint density at radius 1 is 1.09 bits per heavy atom. The van der Waals surface area contributed by atoms with Crippen molar-refractivity contribution in [1.29, 1.82) is 0 Å². The van der Waals surface area contributed by atoms with Gasteiger partial charge in [0.1, 0.15) is 23.0 Å². The van der Waals surface area contributed by atoms with Gasteiger partial charge in [-0.25, -0.2) is 4.79 Å². The van der Waals surface area contributed by atoms with Gasteiger partial charge in [-0.1, -0.05) is 12.1 Å². The molecule has 1 aliphatic heterocycles. The number of esters is 1. The lowest BCUT2D eigenvalue weighted by Gasteiger charge is -2.14. The molecule has 0 bridgehead atoms. The lowest BCUT2D eigenvalue weighted by Crippen LogP contribution is -2.19. The van der Waals surface area contributed by atoms with E-state index in [1.807, 2.05) is 51.4 Å². The molecule has 0 spiro atoms. The topological polar surface area (TPSA) is 48.0 Å². The Balaban J connectivity index is 1.74. The average Bonchev–Trinajstić information content (AvgIpc) is 3.20. The van der Waals surface area contributed by atoms with Gasteiger partial charge in [0.15, 0.2) is 0 Å². The zero-order valence-electron chi connectivity index (χ0n) is 18.9. The molecule has 0 saturated heterocycles. The van der Waals surface area contributed by atoms with Crippen molar-refractivity contribution in [2.24, 2.45) is 0 Å². The molecule has 5 rings (SSSR count). The van der Waals surface area contributed by atoms with Crippen LogP contribution in [0, 0.1) is 0 Å². The molecule has 2 aromatic carbocycles. The molecule has 33 heavy (non-hydrogen) atoms. The molecule has 2 heterocycles. The molecule has 0 unspecified atom stereocenters. The van der Waals surface area contributed by atoms with E-state index in [0.29, 0.717) is 18.1 Å². The second kappa shape index (κ2) is 8.89. The number of carbonyl (C=O) groups excluding carboxylic acids is 1. The van der Waals surface area contributed by atoms with E-state index in [2.05, 4.69) is 29.2 Å². The number of rotatable bonds is 6. The molecule has 0 radical (unpaired) electrons. The normalized spacial score (nSPS) is 12.8. The fourth-order valence-electron chi connectivity index (χ4n) is 4.06. The van der Waals surface area contributed by atoms with Gasteiger partial charge in [0.25, 0.3) is 0 Å². The number of allylic oxidation sites excluding steroid dienone is 1. The molecule has 0 amide bonds. The number of fused-ring (bicyclic) bond motifs is 6. The van der Waals surface area contributed by atoms with Gasteiger partial charge >= 0.3 is 5.97 Å². The van der Waals surface area contributed by atoms with Crippen molar-refractivity contribution >= 4 is 29.5 Å². The number of thiophene rings is 1. The van der Waals surface area contributed by atoms with Crippen LogP contribution in [0.5, 0.6) is 11.5 Å². The molecule has 0 fully saturated rings. The van der Waals surface area contributed by atoms with Crippen LogP contribution in [0.15, 0.2) is 48.7 Å². The highest BCUT2D eigenvalue weighted by Gasteiger charge is 2.24. The zero-order valence-corrected chi connectivity index (χ0v) is 19.7. The van der Waals surface area contributed by atoms with Crippen LogP contribution in [0.3, 0.4) is 0 Å². The van der Waals surface area contributed by atoms with Crippen LogP contribution in [0.25, 0.3) is 33.7 Å². The van der Waals surface area contributed by atoms with Crippen LogP contribution in [-0.2, 0) is 4.74 Å². The minimum Gasteiger partial charge on any atom is -0.492 e. The molecular weight excluding hydrogens is 434 g/mol. The standard InChI is InChI=1S/C27H25NO4S/c1-4-30-27(29)25-16-22-20-13-17-7-6-11-31-24(17)15-18(20)14-21-19(26(22)33-25)8-5-9-23(21)32-12-10-28(2)3/h5-9,11,13-16H,4,10,12H2,1-3H3. The van der Waals surface area contributed by atoms with Crippen LogP contribution in [0.4, 0.5) is 0 Å². The number of benzene rings is 2. The molecule has 3 aromatic rings. The first-order chi connectivity index (χ1) is 16.0. The minimum atomic E-state index is -0.295. The first-order valence-electron chi connectivity index (χ1n) is 11.0. The zero-order chi connectivity index (χ0) is 22.9. The van der Waals surface area contributed by atoms with Crippen molar-refractivity contribution in [2.45, 2.75) is 6.92 Å². The van der Waals surface area contributed by atoms with Gasteiger partial charge in [-0.2, -0.15) is 0 Å². The van der Waals surface area contributed by atoms with Gasteiger partial charge in [-0.05, 0) is 74.3 Å². The van der Waals surface area contributed by atoms with Crippen molar-refractivity contribution < 1.29 is 19.0 Å². The maximum absolute atomic E-state index is 12.6. The summed E-state index contributed by atoms with van der Waals surface area (Å²) in [7, 11) is 4.06. The van der Waals surface area contributed by atoms with Crippen molar-refractivity contribution in [1.82, 2.24) is 4.90 Å². The molecule has 1 aliphatic carbocycles. The van der Waals surface area contributed by atoms with E-state index < -0.39 is 0 Å². The fourth-order valence-corrected chi connectivity index (χ4v) is 5.16. The summed E-state index contributed by atoms with van der Waals surface area (Å²) in [6, 6.07) is 12.2. The maximum Gasteiger partial charge on any atom is 0.348 e. The van der Waals surface area contributed by atoms with E-state index in [0.717, 1.165) is 55.6 Å². The smallest absolute Gasteiger partial charge is 0.348 e. The van der Waals surface area contributed by atoms with Gasteiger partial charge in [-0.3, -0.25) is 0 Å². The van der Waals surface area contributed by atoms with E-state index in [1.54, 1.807) is 6.26 Å². The van der Waals surface area contributed by atoms with Crippen molar-refractivity contribution in [3.63, 3.8) is 0 Å². The second-order valence-corrected chi connectivity index (χ2v) is 9.23. The first kappa shape index (κ1) is 21.5. The SMILES string of the molecule is CCOC(=O)c1cc2c(s1)-c1cccc(OCCN(C)C)c1C=c1cc3c(cc1-2)=CC=CO3. The van der Waals surface area contributed by atoms with Crippen molar-refractivity contribution in [3.05, 3.63) is 69.6 Å². The molecule has 0 atom stereocenters. The molecule has 5 nitrogen and oxygen atoms in total. The molecule has 0 N–H and O–H groups in total. The van der Waals surface area contributed by atoms with E-state index in [-0.39, 0.29) is 5.97 Å². The van der Waals surface area contributed by atoms with Gasteiger partial charge in [0.2, 0.25) is 0 Å². The van der Waals surface area contributed by atoms with Crippen LogP contribution in [0.1, 0.15) is 22.2 Å². The third kappa shape index (κ3) is 4.08. The van der Waals surface area contributed by atoms with E-state index in [9.17, 15) is 4.79 Å². The number of carbonyl (C=O) groups is 1. The molecule has 0 saturated carbocycles. The molecule has 2 aliphatic rings. The third-order valence-corrected chi connectivity index (χ3v) is 6.79. The van der Waals surface area contributed by atoms with E-state index in [1.165, 1.54) is 11.3 Å². The van der Waals surface area contributed by atoms with E-state index in [4.69, 9.17) is 14.2 Å². The molecule has 168 valence electrons. The molecular formula is C27H25NO4S. The quantitative estimate of drug-likeness (QED) is 0.408. The summed E-state index contributed by atoms with van der Waals surface area (Å²) in [4.78, 5) is 16.3. The lowest BCUT2D eigenvalue weighted by atomic mass is 10.0. The number of nitrogens with zero attached hydrogens (tertiary/aromatic N) is 1. The summed E-state index contributed by atoms with van der Waals surface area (Å²) in [5.41, 5.74) is 4.12. The van der Waals surface area contributed by atoms with E-state index >= 15 is 0 Å². The highest BCUT2D eigenvalue weighted by atomic mass is 32.1. The summed E-state index contributed by atoms with van der Waals surface area (Å²) in [6.45, 7) is 3.57. The van der Waals surface area contributed by atoms with Crippen LogP contribution in [-0.4, -0.2) is 44.7 Å². The van der Waals surface area contributed by atoms with Gasteiger partial charge < -0.3 is 19.1 Å². The molecule has 6 heteroatoms. The minimum absolute atomic E-state index is 0.295. The number of hydrogen-bond acceptors (Lipinski definition) is 6. The Morgan fingerprint density at radius 2 is 1.97 bits per heavy atom. The second-order valence-electron chi connectivity index (χ2n) is 8.18. The highest BCUT2D eigenvalue weighted by molar-refractivity contribution is 7.18. The summed E-state index contributed by atoms with van der Waals surface area (Å²) in [6.07, 6.45) is 7.77. The summed E-state index contributed by atoms with van der Waals surface area (Å²) >= 11 is 1.46. The monoisotopic (exact) mass is 459 g/mol. The number of ether oxygens (including phenoxy) is 3. The van der Waals surface area contributed by atoms with Gasteiger partial charge in [0, 0.05) is 33.3 Å². The van der Waals surface area contributed by atoms with Gasteiger partial charge in [0.05, 0.1) is 12.9 Å². The Bertz CT molecular complexity index is 1380. The van der Waals surface area contributed by atoms with Crippen molar-refractivity contribution in [2.75, 3.05) is 33.9 Å². The molecule has 1 aromatic heterocycles. The van der Waals surface area contributed by atoms with Crippen LogP contribution >= 0.6 is 11.3 Å². The number of likely N-dealkylation sites (N-methyl/N-ethyl adjacent to an activating group) is 1. The van der Waals surface area contributed by atoms with Gasteiger partial charge in [-0.15, -0.1) is 11.3 Å². The predicted octanol–water partition coefficient (Wildman–Crippen LogP) is 4.03. The first-order valence-corrected chi connectivity index (χ1v) is 11.8. The summed E-state index contributed by atoms with van der Waals surface area (Å²) < 4.78 is 17.3. The van der Waals surface area contributed by atoms with Crippen molar-refractivity contribution in [3.8, 4) is 33.1 Å². The highest BCUT2D eigenvalue weighted by Crippen LogP contribution is 2.44. The summed E-state index contributed by atoms with van der Waals surface area (Å²) in [5.74, 6) is 1.34. The Morgan fingerprint density at radius 3 is 2.79 bits per heavy atom. The Kier molecular flexibility index (Phi) is 5.79.